The third-order valence-electron chi connectivity index (χ3n) is 7.68. The second kappa shape index (κ2) is 11.2. The molecule has 0 aromatic carbocycles. The zero-order valence-corrected chi connectivity index (χ0v) is 30.6. The zero-order valence-electron chi connectivity index (χ0n) is 23.3. The van der Waals surface area contributed by atoms with E-state index < -0.39 is 36.8 Å². The number of fused-ring (bicyclic) bond motifs is 3. The summed E-state index contributed by atoms with van der Waals surface area (Å²) in [4.78, 5) is 19.0. The number of rotatable bonds is 12. The Kier molecular flexibility index (Phi) is 9.67. The Morgan fingerprint density at radius 1 is 0.727 bits per heavy atom. The summed E-state index contributed by atoms with van der Waals surface area (Å²) in [6.45, 7) is 9.65. The van der Waals surface area contributed by atoms with E-state index in [9.17, 15) is 0 Å². The summed E-state index contributed by atoms with van der Waals surface area (Å²) in [6.07, 6.45) is 11.0. The maximum atomic E-state index is 2.74. The molecule has 3 rings (SSSR count). The molecule has 0 radical (unpaired) electrons. The zero-order chi connectivity index (χ0) is 24.6. The third-order valence-corrected chi connectivity index (χ3v) is 29.0. The van der Waals surface area contributed by atoms with Crippen LogP contribution in [0.3, 0.4) is 0 Å². The molecule has 0 aliphatic heterocycles. The van der Waals surface area contributed by atoms with Crippen LogP contribution in [0.2, 0.25) is 29.6 Å². The van der Waals surface area contributed by atoms with Gasteiger partial charge in [-0.3, -0.25) is 0 Å². The monoisotopic (exact) mass is 702 g/mol. The van der Waals surface area contributed by atoms with E-state index in [1.807, 2.05) is 0 Å². The summed E-state index contributed by atoms with van der Waals surface area (Å²) in [5, 5.41) is 0. The van der Waals surface area contributed by atoms with Gasteiger partial charge in [0.1, 0.15) is 0 Å². The molecule has 0 spiro atoms. The Balaban J connectivity index is 2.02. The molecule has 0 saturated carbocycles. The van der Waals surface area contributed by atoms with Crippen LogP contribution in [0.15, 0.2) is 12.1 Å². The molecule has 0 N–H and O–H groups in total. The van der Waals surface area contributed by atoms with Crippen molar-refractivity contribution in [1.29, 1.82) is 0 Å². The van der Waals surface area contributed by atoms with E-state index in [2.05, 4.69) is 92.1 Å². The Morgan fingerprint density at radius 3 is 1.67 bits per heavy atom. The van der Waals surface area contributed by atoms with Crippen LogP contribution in [0, 0.1) is 11.8 Å². The maximum absolute atomic E-state index is 2.74. The molecule has 1 aliphatic carbocycles. The first-order valence-electron chi connectivity index (χ1n) is 13.6. The minimum atomic E-state index is -2.10. The average molecular weight is 700 g/mol. The van der Waals surface area contributed by atoms with Crippen LogP contribution in [0.4, 0.5) is 0 Å². The molecular weight excluding hydrogens is 650 g/mol. The normalized spacial score (nSPS) is 16.3. The summed E-state index contributed by atoms with van der Waals surface area (Å²) in [5.41, 5.74) is 3.81. The Bertz CT molecular complexity index is 862. The third kappa shape index (κ3) is 6.47. The van der Waals surface area contributed by atoms with Gasteiger partial charge < -0.3 is 0 Å². The Hall–Kier alpha value is 0.997. The molecule has 2 aromatic heterocycles. The molecule has 1 aliphatic rings. The molecule has 0 saturated heterocycles. The van der Waals surface area contributed by atoms with Crippen molar-refractivity contribution in [2.24, 2.45) is 11.8 Å². The summed E-state index contributed by atoms with van der Waals surface area (Å²) in [7, 11) is 0. The molecule has 4 heteroatoms. The van der Waals surface area contributed by atoms with E-state index in [1.165, 1.54) is 51.4 Å². The van der Waals surface area contributed by atoms with Gasteiger partial charge >= 0.3 is 224 Å². The molecule has 2 heterocycles. The SMILES string of the molecule is CCCCC1(CCC(C)CCCC(C)C)c2c[c]([Sn]([CH3])([CH3])[CH3])sc2-c2s[c]([Sn]([CH3])([CH3])[CH3])cc21. The molecule has 1 atom stereocenters. The van der Waals surface area contributed by atoms with Gasteiger partial charge in [-0.1, -0.05) is 0 Å². The van der Waals surface area contributed by atoms with Crippen molar-refractivity contribution in [2.75, 3.05) is 0 Å². The molecule has 0 fully saturated rings. The first-order chi connectivity index (χ1) is 15.3. The van der Waals surface area contributed by atoms with Gasteiger partial charge in [0.05, 0.1) is 0 Å². The van der Waals surface area contributed by atoms with E-state index in [0.717, 1.165) is 11.8 Å². The van der Waals surface area contributed by atoms with Gasteiger partial charge in [0.15, 0.2) is 0 Å². The molecule has 0 nitrogen and oxygen atoms in total. The average Bonchev–Trinajstić information content (AvgIpc) is 3.36. The summed E-state index contributed by atoms with van der Waals surface area (Å²) in [6, 6.07) is 5.48. The van der Waals surface area contributed by atoms with Gasteiger partial charge in [0, 0.05) is 0 Å². The Morgan fingerprint density at radius 2 is 1.24 bits per heavy atom. The van der Waals surface area contributed by atoms with E-state index in [4.69, 9.17) is 0 Å². The van der Waals surface area contributed by atoms with Crippen molar-refractivity contribution in [1.82, 2.24) is 0 Å². The van der Waals surface area contributed by atoms with Gasteiger partial charge in [0.25, 0.3) is 0 Å². The molecule has 2 aromatic rings. The van der Waals surface area contributed by atoms with Crippen LogP contribution in [0.25, 0.3) is 9.75 Å². The predicted octanol–water partition coefficient (Wildman–Crippen LogP) is 9.60. The van der Waals surface area contributed by atoms with Gasteiger partial charge in [-0.05, 0) is 0 Å². The first kappa shape index (κ1) is 28.6. The van der Waals surface area contributed by atoms with Crippen molar-refractivity contribution >= 4 is 65.2 Å². The topological polar surface area (TPSA) is 0 Å². The summed E-state index contributed by atoms with van der Waals surface area (Å²) in [5.74, 6) is 1.68. The van der Waals surface area contributed by atoms with Crippen LogP contribution < -0.4 is 5.79 Å². The van der Waals surface area contributed by atoms with Gasteiger partial charge in [-0.25, -0.2) is 0 Å². The first-order valence-corrected chi connectivity index (χ1v) is 35.2. The Labute approximate surface area is 222 Å². The van der Waals surface area contributed by atoms with Crippen LogP contribution in [-0.2, 0) is 5.41 Å². The van der Waals surface area contributed by atoms with E-state index in [0.29, 0.717) is 5.41 Å². The van der Waals surface area contributed by atoms with Crippen molar-refractivity contribution < 1.29 is 0 Å². The standard InChI is InChI=1S/C23H32S2.6CH3.2Sn/c1-5-6-13-23(14-10-18(4)9-7-8-17(2)3)19-11-15-24-21(19)22-20(23)12-16-25-22;;;;;;;;/h11-12,17-18H,5-10,13-14H2,1-4H3;6*1H3;;. The van der Waals surface area contributed by atoms with Crippen LogP contribution in [0.1, 0.15) is 90.2 Å². The number of unbranched alkanes of at least 4 members (excludes halogenated alkanes) is 1. The molecular formula is C29H50S2Sn2. The van der Waals surface area contributed by atoms with Crippen molar-refractivity contribution in [2.45, 2.75) is 114 Å². The fourth-order valence-electron chi connectivity index (χ4n) is 5.37. The fraction of sp³-hybridized carbons (Fsp3) is 0.724. The van der Waals surface area contributed by atoms with Gasteiger partial charge in [0.2, 0.25) is 0 Å². The fourth-order valence-corrected chi connectivity index (χ4v) is 18.4. The quantitative estimate of drug-likeness (QED) is 0.194. The molecule has 186 valence electrons. The summed E-state index contributed by atoms with van der Waals surface area (Å²) >= 11 is 0.223. The van der Waals surface area contributed by atoms with E-state index in [1.54, 1.807) is 26.7 Å². The second-order valence-electron chi connectivity index (χ2n) is 13.4. The van der Waals surface area contributed by atoms with Gasteiger partial charge in [-0.2, -0.15) is 0 Å². The van der Waals surface area contributed by atoms with E-state index in [-0.39, 0.29) is 0 Å². The van der Waals surface area contributed by atoms with Crippen LogP contribution in [0.5, 0.6) is 0 Å². The predicted molar refractivity (Wildman–Crippen MR) is 161 cm³/mol. The van der Waals surface area contributed by atoms with Crippen molar-refractivity contribution in [3.05, 3.63) is 23.3 Å². The molecule has 33 heavy (non-hydrogen) atoms. The van der Waals surface area contributed by atoms with Crippen LogP contribution in [-0.4, -0.2) is 36.8 Å². The summed E-state index contributed by atoms with van der Waals surface area (Å²) < 4.78 is 3.58. The number of hydrogen-bond donors (Lipinski definition) is 0. The molecule has 1 unspecified atom stereocenters. The molecule has 0 amide bonds. The van der Waals surface area contributed by atoms with E-state index >= 15 is 0 Å². The van der Waals surface area contributed by atoms with Crippen LogP contribution >= 0.6 is 22.7 Å². The number of thiophene rings is 2. The van der Waals surface area contributed by atoms with Crippen molar-refractivity contribution in [3.8, 4) is 9.75 Å². The van der Waals surface area contributed by atoms with Crippen molar-refractivity contribution in [3.63, 3.8) is 0 Å². The molecule has 0 bridgehead atoms. The number of hydrogen-bond acceptors (Lipinski definition) is 2. The van der Waals surface area contributed by atoms with Gasteiger partial charge in [-0.15, -0.1) is 0 Å². The minimum absolute atomic E-state index is 0.296. The second-order valence-corrected chi connectivity index (χ2v) is 46.3.